The molecule has 78 valence electrons. The van der Waals surface area contributed by atoms with E-state index in [9.17, 15) is 5.11 Å². The third-order valence-electron chi connectivity index (χ3n) is 3.08. The molecule has 2 nitrogen and oxygen atoms in total. The zero-order chi connectivity index (χ0) is 9.68. The summed E-state index contributed by atoms with van der Waals surface area (Å²) < 4.78 is 5.59. The van der Waals surface area contributed by atoms with E-state index < -0.39 is 0 Å². The van der Waals surface area contributed by atoms with Crippen molar-refractivity contribution in [3.05, 3.63) is 0 Å². The first-order chi connectivity index (χ1) is 6.24. The van der Waals surface area contributed by atoms with Crippen molar-refractivity contribution in [2.45, 2.75) is 58.2 Å². The van der Waals surface area contributed by atoms with Crippen LogP contribution in [0.1, 0.15) is 46.0 Å². The maximum absolute atomic E-state index is 9.56. The van der Waals surface area contributed by atoms with Gasteiger partial charge >= 0.3 is 0 Å². The van der Waals surface area contributed by atoms with E-state index in [0.717, 1.165) is 25.9 Å². The van der Waals surface area contributed by atoms with Gasteiger partial charge in [-0.05, 0) is 38.5 Å². The average molecular weight is 186 g/mol. The molecule has 1 N–H and O–H groups in total. The van der Waals surface area contributed by atoms with Crippen LogP contribution in [-0.2, 0) is 4.74 Å². The van der Waals surface area contributed by atoms with E-state index in [2.05, 4.69) is 13.8 Å². The second-order valence-electron chi connectivity index (χ2n) is 4.14. The highest BCUT2D eigenvalue weighted by atomic mass is 16.5. The van der Waals surface area contributed by atoms with Gasteiger partial charge in [-0.2, -0.15) is 0 Å². The molecule has 3 unspecified atom stereocenters. The lowest BCUT2D eigenvalue weighted by molar-refractivity contribution is 0.0390. The van der Waals surface area contributed by atoms with Crippen LogP contribution in [0.15, 0.2) is 0 Å². The summed E-state index contributed by atoms with van der Waals surface area (Å²) in [7, 11) is 0. The van der Waals surface area contributed by atoms with E-state index in [1.165, 1.54) is 12.8 Å². The molecule has 0 aromatic rings. The lowest BCUT2D eigenvalue weighted by atomic mass is 10.0. The molecule has 0 aromatic heterocycles. The van der Waals surface area contributed by atoms with Crippen molar-refractivity contribution in [3.63, 3.8) is 0 Å². The van der Waals surface area contributed by atoms with Gasteiger partial charge in [0.05, 0.1) is 12.2 Å². The van der Waals surface area contributed by atoms with Crippen LogP contribution in [-0.4, -0.2) is 23.9 Å². The van der Waals surface area contributed by atoms with E-state index in [-0.39, 0.29) is 6.10 Å². The fourth-order valence-corrected chi connectivity index (χ4v) is 1.89. The number of hydrogen-bond acceptors (Lipinski definition) is 2. The highest BCUT2D eigenvalue weighted by molar-refractivity contribution is 4.76. The van der Waals surface area contributed by atoms with Crippen LogP contribution in [0.3, 0.4) is 0 Å². The van der Waals surface area contributed by atoms with Gasteiger partial charge in [-0.3, -0.25) is 0 Å². The maximum Gasteiger partial charge on any atom is 0.0569 e. The minimum Gasteiger partial charge on any atom is -0.393 e. The number of aliphatic hydroxyl groups is 1. The van der Waals surface area contributed by atoms with Gasteiger partial charge in [0.25, 0.3) is 0 Å². The van der Waals surface area contributed by atoms with Crippen LogP contribution < -0.4 is 0 Å². The van der Waals surface area contributed by atoms with Crippen LogP contribution in [0.2, 0.25) is 0 Å². The van der Waals surface area contributed by atoms with Gasteiger partial charge in [0.1, 0.15) is 0 Å². The SMILES string of the molecule is CCC(C)OCCC1CCCC1O. The molecule has 0 amide bonds. The molecular formula is C11H22O2. The van der Waals surface area contributed by atoms with Crippen LogP contribution in [0.5, 0.6) is 0 Å². The first-order valence-electron chi connectivity index (χ1n) is 5.53. The van der Waals surface area contributed by atoms with Crippen molar-refractivity contribution in [1.29, 1.82) is 0 Å². The van der Waals surface area contributed by atoms with E-state index in [1.807, 2.05) is 0 Å². The van der Waals surface area contributed by atoms with Crippen molar-refractivity contribution in [3.8, 4) is 0 Å². The highest BCUT2D eigenvalue weighted by Crippen LogP contribution is 2.28. The Bertz CT molecular complexity index is 136. The van der Waals surface area contributed by atoms with Crippen molar-refractivity contribution in [2.24, 2.45) is 5.92 Å². The monoisotopic (exact) mass is 186 g/mol. The summed E-state index contributed by atoms with van der Waals surface area (Å²) in [4.78, 5) is 0. The number of ether oxygens (including phenoxy) is 1. The zero-order valence-corrected chi connectivity index (χ0v) is 8.83. The minimum absolute atomic E-state index is 0.0551. The van der Waals surface area contributed by atoms with Gasteiger partial charge in [-0.15, -0.1) is 0 Å². The van der Waals surface area contributed by atoms with Gasteiger partial charge in [0, 0.05) is 6.61 Å². The van der Waals surface area contributed by atoms with Crippen LogP contribution in [0.25, 0.3) is 0 Å². The van der Waals surface area contributed by atoms with E-state index in [0.29, 0.717) is 12.0 Å². The highest BCUT2D eigenvalue weighted by Gasteiger charge is 2.24. The predicted molar refractivity (Wildman–Crippen MR) is 53.7 cm³/mol. The standard InChI is InChI=1S/C11H22O2/c1-3-9(2)13-8-7-10-5-4-6-11(10)12/h9-12H,3-8H2,1-2H3. The molecule has 0 saturated heterocycles. The van der Waals surface area contributed by atoms with Gasteiger partial charge < -0.3 is 9.84 Å². The molecule has 0 bridgehead atoms. The molecule has 13 heavy (non-hydrogen) atoms. The Morgan fingerprint density at radius 2 is 2.23 bits per heavy atom. The van der Waals surface area contributed by atoms with E-state index in [1.54, 1.807) is 0 Å². The summed E-state index contributed by atoms with van der Waals surface area (Å²) in [5, 5.41) is 9.56. The number of rotatable bonds is 5. The summed E-state index contributed by atoms with van der Waals surface area (Å²) in [6, 6.07) is 0. The van der Waals surface area contributed by atoms with E-state index in [4.69, 9.17) is 4.74 Å². The second kappa shape index (κ2) is 5.61. The minimum atomic E-state index is -0.0551. The molecule has 1 aliphatic rings. The summed E-state index contributed by atoms with van der Waals surface area (Å²) in [6.45, 7) is 5.05. The topological polar surface area (TPSA) is 29.5 Å². The molecule has 1 rings (SSSR count). The second-order valence-corrected chi connectivity index (χ2v) is 4.14. The normalized spacial score (nSPS) is 30.7. The lowest BCUT2D eigenvalue weighted by Gasteiger charge is -2.16. The van der Waals surface area contributed by atoms with Gasteiger partial charge in [0.15, 0.2) is 0 Å². The third kappa shape index (κ3) is 3.65. The largest absolute Gasteiger partial charge is 0.393 e. The lowest BCUT2D eigenvalue weighted by Crippen LogP contribution is -2.17. The van der Waals surface area contributed by atoms with Crippen molar-refractivity contribution < 1.29 is 9.84 Å². The number of hydrogen-bond donors (Lipinski definition) is 1. The quantitative estimate of drug-likeness (QED) is 0.714. The first kappa shape index (κ1) is 11.0. The molecule has 1 saturated carbocycles. The molecule has 1 fully saturated rings. The smallest absolute Gasteiger partial charge is 0.0569 e. The third-order valence-corrected chi connectivity index (χ3v) is 3.08. The summed E-state index contributed by atoms with van der Waals surface area (Å²) in [5.74, 6) is 0.504. The van der Waals surface area contributed by atoms with E-state index >= 15 is 0 Å². The number of aliphatic hydroxyl groups excluding tert-OH is 1. The Balaban J connectivity index is 2.05. The molecule has 0 spiro atoms. The van der Waals surface area contributed by atoms with Gasteiger partial charge in [-0.25, -0.2) is 0 Å². The van der Waals surface area contributed by atoms with Crippen LogP contribution >= 0.6 is 0 Å². The van der Waals surface area contributed by atoms with Crippen LogP contribution in [0, 0.1) is 5.92 Å². The van der Waals surface area contributed by atoms with Crippen molar-refractivity contribution >= 4 is 0 Å². The molecule has 0 aliphatic heterocycles. The van der Waals surface area contributed by atoms with Crippen molar-refractivity contribution in [2.75, 3.05) is 6.61 Å². The fraction of sp³-hybridized carbons (Fsp3) is 1.00. The van der Waals surface area contributed by atoms with Crippen molar-refractivity contribution in [1.82, 2.24) is 0 Å². The molecule has 1 aliphatic carbocycles. The summed E-state index contributed by atoms with van der Waals surface area (Å²) in [6.07, 6.45) is 5.80. The summed E-state index contributed by atoms with van der Waals surface area (Å²) in [5.41, 5.74) is 0. The first-order valence-corrected chi connectivity index (χ1v) is 5.53. The summed E-state index contributed by atoms with van der Waals surface area (Å²) >= 11 is 0. The van der Waals surface area contributed by atoms with Gasteiger partial charge in [0.2, 0.25) is 0 Å². The van der Waals surface area contributed by atoms with Crippen LogP contribution in [0.4, 0.5) is 0 Å². The predicted octanol–water partition coefficient (Wildman–Crippen LogP) is 2.35. The van der Waals surface area contributed by atoms with Gasteiger partial charge in [-0.1, -0.05) is 13.3 Å². The molecule has 3 atom stereocenters. The Morgan fingerprint density at radius 1 is 1.46 bits per heavy atom. The molecule has 2 heteroatoms. The maximum atomic E-state index is 9.56. The molecule has 0 radical (unpaired) electrons. The Hall–Kier alpha value is -0.0800. The Kier molecular flexibility index (Phi) is 4.74. The molecular weight excluding hydrogens is 164 g/mol. The zero-order valence-electron chi connectivity index (χ0n) is 8.83. The Labute approximate surface area is 81.3 Å². The Morgan fingerprint density at radius 3 is 2.77 bits per heavy atom. The fourth-order valence-electron chi connectivity index (χ4n) is 1.89. The molecule has 0 aromatic carbocycles. The molecule has 0 heterocycles. The average Bonchev–Trinajstić information content (AvgIpc) is 2.52.